The van der Waals surface area contributed by atoms with Gasteiger partial charge >= 0.3 is 0 Å². The van der Waals surface area contributed by atoms with Crippen LogP contribution in [-0.4, -0.2) is 63.7 Å². The second-order valence-electron chi connectivity index (χ2n) is 4.81. The van der Waals surface area contributed by atoms with Gasteiger partial charge in [0.2, 0.25) is 22.5 Å². The van der Waals surface area contributed by atoms with E-state index in [0.29, 0.717) is 0 Å². The maximum atomic E-state index is 5.16. The number of hydrogen-bond donors (Lipinski definition) is 4. The van der Waals surface area contributed by atoms with E-state index < -0.39 is 22.5 Å². The molecule has 9 nitrogen and oxygen atoms in total. The van der Waals surface area contributed by atoms with Crippen molar-refractivity contribution in [2.45, 2.75) is 0 Å². The van der Waals surface area contributed by atoms with E-state index >= 15 is 0 Å². The lowest BCUT2D eigenvalue weighted by Crippen LogP contribution is -2.22. The van der Waals surface area contributed by atoms with Crippen molar-refractivity contribution in [2.75, 3.05) is 54.4 Å². The van der Waals surface area contributed by atoms with E-state index in [9.17, 15) is 0 Å². The van der Waals surface area contributed by atoms with Crippen LogP contribution in [0.15, 0.2) is 13.5 Å². The van der Waals surface area contributed by atoms with E-state index in [-0.39, 0.29) is 0 Å². The van der Waals surface area contributed by atoms with Gasteiger partial charge in [-0.25, -0.2) is 9.34 Å². The predicted molar refractivity (Wildman–Crippen MR) is 87.4 cm³/mol. The van der Waals surface area contributed by atoms with Gasteiger partial charge in [0, 0.05) is 26.2 Å². The van der Waals surface area contributed by atoms with Gasteiger partial charge in [0.1, 0.15) is 0 Å². The minimum Gasteiger partial charge on any atom is -0.257 e. The molecule has 2 fully saturated rings. The summed E-state index contributed by atoms with van der Waals surface area (Å²) in [6, 6.07) is 0. The Morgan fingerprint density at radius 2 is 1.05 bits per heavy atom. The van der Waals surface area contributed by atoms with Crippen molar-refractivity contribution in [2.24, 2.45) is 13.5 Å². The summed E-state index contributed by atoms with van der Waals surface area (Å²) in [5.41, 5.74) is 0. The third kappa shape index (κ3) is 2.39. The monoisotopic (exact) mass is 339 g/mol. The van der Waals surface area contributed by atoms with E-state index in [2.05, 4.69) is 29.7 Å². The SMILES string of the molecule is CNP1(NC)=NP(NC)(NC)=NP(N2CC2)(N2CC2)=N1. The normalized spacial score (nSPS) is 30.0. The maximum Gasteiger partial charge on any atom is 0.221 e. The van der Waals surface area contributed by atoms with Gasteiger partial charge in [-0.3, -0.25) is 20.3 Å². The highest BCUT2D eigenvalue weighted by Gasteiger charge is 2.50. The maximum absolute atomic E-state index is 5.16. The van der Waals surface area contributed by atoms with Crippen LogP contribution in [0.5, 0.6) is 0 Å². The van der Waals surface area contributed by atoms with Gasteiger partial charge in [-0.05, 0) is 28.2 Å². The van der Waals surface area contributed by atoms with Crippen LogP contribution in [0.1, 0.15) is 0 Å². The molecule has 2 saturated heterocycles. The largest absolute Gasteiger partial charge is 0.257 e. The molecule has 0 bridgehead atoms. The van der Waals surface area contributed by atoms with E-state index in [1.165, 1.54) is 0 Å². The van der Waals surface area contributed by atoms with E-state index in [4.69, 9.17) is 13.5 Å². The molecule has 0 spiro atoms. The Morgan fingerprint density at radius 1 is 0.650 bits per heavy atom. The molecule has 0 saturated carbocycles. The molecule has 0 aromatic heterocycles. The van der Waals surface area contributed by atoms with E-state index in [1.54, 1.807) is 0 Å². The second kappa shape index (κ2) is 5.27. The van der Waals surface area contributed by atoms with Gasteiger partial charge in [0.25, 0.3) is 0 Å². The van der Waals surface area contributed by atoms with Crippen LogP contribution in [0, 0.1) is 0 Å². The highest BCUT2D eigenvalue weighted by Crippen LogP contribution is 2.78. The lowest BCUT2D eigenvalue weighted by atomic mass is 11.0. The first-order valence-electron chi connectivity index (χ1n) is 6.76. The van der Waals surface area contributed by atoms with Crippen LogP contribution >= 0.6 is 22.5 Å². The molecule has 20 heavy (non-hydrogen) atoms. The van der Waals surface area contributed by atoms with Gasteiger partial charge in [-0.1, -0.05) is 0 Å². The summed E-state index contributed by atoms with van der Waals surface area (Å²) in [7, 11) is 1.56. The van der Waals surface area contributed by atoms with Crippen molar-refractivity contribution in [3.8, 4) is 0 Å². The highest BCUT2D eigenvalue weighted by molar-refractivity contribution is 7.83. The summed E-state index contributed by atoms with van der Waals surface area (Å²) in [6.45, 7) is 4.38. The summed E-state index contributed by atoms with van der Waals surface area (Å²) in [5, 5.41) is 13.4. The Morgan fingerprint density at radius 3 is 1.40 bits per heavy atom. The zero-order valence-corrected chi connectivity index (χ0v) is 15.1. The average Bonchev–Trinajstić information content (AvgIpc) is 3.35. The Kier molecular flexibility index (Phi) is 4.04. The summed E-state index contributed by atoms with van der Waals surface area (Å²) in [4.78, 5) is 0. The highest BCUT2D eigenvalue weighted by atomic mass is 31.3. The molecule has 0 radical (unpaired) electrons. The zero-order chi connectivity index (χ0) is 14.4. The summed E-state index contributed by atoms with van der Waals surface area (Å²) in [6.07, 6.45) is 0. The molecule has 4 N–H and O–H groups in total. The molecule has 3 aliphatic rings. The number of nitrogens with zero attached hydrogens (tertiary/aromatic N) is 5. The zero-order valence-electron chi connectivity index (χ0n) is 12.4. The van der Waals surface area contributed by atoms with Crippen LogP contribution < -0.4 is 20.3 Å². The minimum absolute atomic E-state index is 1.10. The topological polar surface area (TPSA) is 91.2 Å². The van der Waals surface area contributed by atoms with E-state index in [1.807, 2.05) is 28.2 Å². The van der Waals surface area contributed by atoms with Crippen LogP contribution in [0.3, 0.4) is 0 Å². The lowest BCUT2D eigenvalue weighted by Gasteiger charge is -2.36. The molecule has 0 unspecified atom stereocenters. The molecule has 3 heterocycles. The fourth-order valence-electron chi connectivity index (χ4n) is 2.20. The predicted octanol–water partition coefficient (Wildman–Crippen LogP) is 1.35. The molecule has 116 valence electrons. The van der Waals surface area contributed by atoms with Gasteiger partial charge in [0.15, 0.2) is 0 Å². The third-order valence-corrected chi connectivity index (χ3v) is 14.5. The van der Waals surface area contributed by atoms with Gasteiger partial charge < -0.3 is 0 Å². The molecule has 0 aromatic rings. The minimum atomic E-state index is -2.11. The quantitative estimate of drug-likeness (QED) is 0.431. The van der Waals surface area contributed by atoms with Crippen molar-refractivity contribution in [3.63, 3.8) is 0 Å². The Balaban J connectivity index is 2.25. The number of rotatable bonds is 6. The standard InChI is InChI=1S/C8H24N9P3/c1-9-18(10-2)13-19(11-3,12-4)15-20(14-18,16-5-6-16)17-7-8-17/h9-12H,5-8H2,1-4H3. The lowest BCUT2D eigenvalue weighted by molar-refractivity contribution is 0.776. The first-order chi connectivity index (χ1) is 9.57. The molecule has 0 atom stereocenters. The molecular formula is C8H24N9P3. The van der Waals surface area contributed by atoms with Gasteiger partial charge in [-0.15, -0.1) is 0 Å². The van der Waals surface area contributed by atoms with Crippen LogP contribution in [0.4, 0.5) is 0 Å². The summed E-state index contributed by atoms with van der Waals surface area (Å²) in [5.74, 6) is 0. The molecule has 0 aromatic carbocycles. The van der Waals surface area contributed by atoms with Gasteiger partial charge in [-0.2, -0.15) is 13.5 Å². The van der Waals surface area contributed by atoms with E-state index in [0.717, 1.165) is 26.2 Å². The molecular weight excluding hydrogens is 315 g/mol. The van der Waals surface area contributed by atoms with Crippen molar-refractivity contribution in [1.29, 1.82) is 0 Å². The number of hydrogen-bond acceptors (Lipinski definition) is 9. The van der Waals surface area contributed by atoms with Crippen LogP contribution in [0.2, 0.25) is 0 Å². The summed E-state index contributed by atoms with van der Waals surface area (Å²) >= 11 is 0. The van der Waals surface area contributed by atoms with Crippen LogP contribution in [0.25, 0.3) is 0 Å². The van der Waals surface area contributed by atoms with Crippen molar-refractivity contribution in [1.82, 2.24) is 29.7 Å². The Labute approximate surface area is 120 Å². The molecule has 3 aliphatic heterocycles. The third-order valence-electron chi connectivity index (χ3n) is 3.61. The molecule has 0 aliphatic carbocycles. The van der Waals surface area contributed by atoms with Gasteiger partial charge in [0.05, 0.1) is 0 Å². The summed E-state index contributed by atoms with van der Waals surface area (Å²) < 4.78 is 20.1. The molecule has 12 heteroatoms. The van der Waals surface area contributed by atoms with Crippen molar-refractivity contribution in [3.05, 3.63) is 0 Å². The fourth-order valence-corrected chi connectivity index (χ4v) is 14.6. The molecule has 3 rings (SSSR count). The smallest absolute Gasteiger partial charge is 0.221 e. The molecule has 0 amide bonds. The number of nitrogens with one attached hydrogen (secondary N) is 4. The van der Waals surface area contributed by atoms with Crippen LogP contribution in [-0.2, 0) is 0 Å². The first kappa shape index (κ1) is 15.3. The Bertz CT molecular complexity index is 518. The van der Waals surface area contributed by atoms with Crippen molar-refractivity contribution < 1.29 is 0 Å². The fraction of sp³-hybridized carbons (Fsp3) is 1.00. The average molecular weight is 339 g/mol. The Hall–Kier alpha value is 0.450. The second-order valence-corrected chi connectivity index (χ2v) is 13.4. The first-order valence-corrected chi connectivity index (χ1v) is 11.7. The van der Waals surface area contributed by atoms with Crippen molar-refractivity contribution >= 4 is 22.5 Å².